The van der Waals surface area contributed by atoms with Crippen LogP contribution in [0.3, 0.4) is 0 Å². The molecule has 1 aromatic rings. The van der Waals surface area contributed by atoms with Crippen molar-refractivity contribution >= 4 is 11.7 Å². The van der Waals surface area contributed by atoms with Crippen molar-refractivity contribution in [1.29, 1.82) is 0 Å². The summed E-state index contributed by atoms with van der Waals surface area (Å²) in [5, 5.41) is 24.0. The second kappa shape index (κ2) is 6.14. The summed E-state index contributed by atoms with van der Waals surface area (Å²) in [5.74, 6) is -0.400. The molecule has 1 unspecified atom stereocenters. The number of hydrogen-bond acceptors (Lipinski definition) is 5. The fourth-order valence-electron chi connectivity index (χ4n) is 1.60. The summed E-state index contributed by atoms with van der Waals surface area (Å²) in [6, 6.07) is 4.28. The number of nitrogens with one attached hydrogen (secondary N) is 1. The van der Waals surface area contributed by atoms with Crippen molar-refractivity contribution in [2.45, 2.75) is 25.8 Å². The minimum absolute atomic E-state index is 0.0916. The van der Waals surface area contributed by atoms with Gasteiger partial charge in [-0.15, -0.1) is 0 Å². The number of carbonyl (C=O) groups is 1. The Bertz CT molecular complexity index is 530. The summed E-state index contributed by atoms with van der Waals surface area (Å²) in [6.45, 7) is 3.44. The van der Waals surface area contributed by atoms with Crippen molar-refractivity contribution in [3.8, 4) is 11.5 Å². The molecule has 0 aliphatic heterocycles. The van der Waals surface area contributed by atoms with Crippen molar-refractivity contribution < 1.29 is 19.8 Å². The molecule has 0 spiro atoms. The van der Waals surface area contributed by atoms with Crippen LogP contribution >= 0.6 is 0 Å². The molecule has 0 saturated carbocycles. The SMILES string of the molecule is CCC(C)(NC(=O)c1ccc(OC)c(O)c1)C(N)=NO. The highest BCUT2D eigenvalue weighted by molar-refractivity contribution is 6.00. The van der Waals surface area contributed by atoms with E-state index >= 15 is 0 Å². The number of phenols is 1. The smallest absolute Gasteiger partial charge is 0.252 e. The summed E-state index contributed by atoms with van der Waals surface area (Å²) in [7, 11) is 1.42. The molecule has 0 fully saturated rings. The summed E-state index contributed by atoms with van der Waals surface area (Å²) >= 11 is 0. The number of oxime groups is 1. The van der Waals surface area contributed by atoms with E-state index in [2.05, 4.69) is 10.5 Å². The quantitative estimate of drug-likeness (QED) is 0.278. The maximum Gasteiger partial charge on any atom is 0.252 e. The molecule has 1 atom stereocenters. The maximum atomic E-state index is 12.1. The van der Waals surface area contributed by atoms with E-state index in [1.165, 1.54) is 25.3 Å². The van der Waals surface area contributed by atoms with E-state index in [0.29, 0.717) is 6.42 Å². The third-order valence-corrected chi connectivity index (χ3v) is 3.21. The molecule has 1 rings (SSSR count). The average Bonchev–Trinajstić information content (AvgIpc) is 2.45. The molecule has 0 aliphatic carbocycles. The van der Waals surface area contributed by atoms with Gasteiger partial charge in [-0.05, 0) is 31.5 Å². The van der Waals surface area contributed by atoms with Crippen LogP contribution in [0, 0.1) is 0 Å². The second-order valence-corrected chi connectivity index (χ2v) is 4.51. The number of phenolic OH excluding ortho intramolecular Hbond substituents is 1. The molecule has 0 radical (unpaired) electrons. The van der Waals surface area contributed by atoms with Gasteiger partial charge in [-0.2, -0.15) is 0 Å². The molecule has 0 aliphatic rings. The maximum absolute atomic E-state index is 12.1. The molecule has 1 aromatic carbocycles. The number of aromatic hydroxyl groups is 1. The lowest BCUT2D eigenvalue weighted by molar-refractivity contribution is 0.0924. The van der Waals surface area contributed by atoms with Gasteiger partial charge in [0, 0.05) is 5.56 Å². The van der Waals surface area contributed by atoms with Crippen molar-refractivity contribution in [1.82, 2.24) is 5.32 Å². The first kappa shape index (κ1) is 15.6. The number of carbonyl (C=O) groups excluding carboxylic acids is 1. The Balaban J connectivity index is 2.99. The zero-order valence-corrected chi connectivity index (χ0v) is 11.7. The number of ether oxygens (including phenoxy) is 1. The first-order valence-electron chi connectivity index (χ1n) is 6.05. The minimum atomic E-state index is -0.971. The first-order valence-corrected chi connectivity index (χ1v) is 6.05. The number of nitrogens with zero attached hydrogens (tertiary/aromatic N) is 1. The largest absolute Gasteiger partial charge is 0.504 e. The number of amides is 1. The van der Waals surface area contributed by atoms with Crippen LogP contribution in [0.4, 0.5) is 0 Å². The highest BCUT2D eigenvalue weighted by Gasteiger charge is 2.30. The Hall–Kier alpha value is -2.44. The number of amidine groups is 1. The fourth-order valence-corrected chi connectivity index (χ4v) is 1.60. The number of nitrogens with two attached hydrogens (primary N) is 1. The summed E-state index contributed by atoms with van der Waals surface area (Å²) in [4.78, 5) is 12.1. The van der Waals surface area contributed by atoms with Gasteiger partial charge in [0.1, 0.15) is 0 Å². The van der Waals surface area contributed by atoms with Crippen LogP contribution in [0.5, 0.6) is 11.5 Å². The van der Waals surface area contributed by atoms with Gasteiger partial charge in [-0.25, -0.2) is 0 Å². The number of hydrogen-bond donors (Lipinski definition) is 4. The molecule has 0 heterocycles. The zero-order valence-electron chi connectivity index (χ0n) is 11.7. The van der Waals surface area contributed by atoms with E-state index in [-0.39, 0.29) is 22.9 Å². The monoisotopic (exact) mass is 281 g/mol. The fraction of sp³-hybridized carbons (Fsp3) is 0.385. The molecule has 1 amide bonds. The second-order valence-electron chi connectivity index (χ2n) is 4.51. The van der Waals surface area contributed by atoms with Crippen LogP contribution < -0.4 is 15.8 Å². The summed E-state index contributed by atoms with van der Waals surface area (Å²) in [5.41, 5.74) is 4.85. The van der Waals surface area contributed by atoms with Gasteiger partial charge in [0.25, 0.3) is 5.91 Å². The van der Waals surface area contributed by atoms with Crippen LogP contribution in [0.25, 0.3) is 0 Å². The lowest BCUT2D eigenvalue weighted by atomic mass is 9.97. The highest BCUT2D eigenvalue weighted by atomic mass is 16.5. The van der Waals surface area contributed by atoms with Gasteiger partial charge in [-0.1, -0.05) is 12.1 Å². The van der Waals surface area contributed by atoms with E-state index in [1.807, 2.05) is 0 Å². The number of methoxy groups -OCH3 is 1. The predicted octanol–water partition coefficient (Wildman–Crippen LogP) is 1.05. The van der Waals surface area contributed by atoms with Crippen LogP contribution in [0.15, 0.2) is 23.4 Å². The molecule has 0 saturated heterocycles. The van der Waals surface area contributed by atoms with E-state index < -0.39 is 11.4 Å². The standard InChI is InChI=1S/C13H19N3O4/c1-4-13(2,12(14)16-19)15-11(18)8-5-6-10(20-3)9(17)7-8/h5-7,17,19H,4H2,1-3H3,(H2,14,16)(H,15,18). The summed E-state index contributed by atoms with van der Waals surface area (Å²) < 4.78 is 4.90. The third-order valence-electron chi connectivity index (χ3n) is 3.21. The third kappa shape index (κ3) is 3.11. The van der Waals surface area contributed by atoms with Gasteiger partial charge in [-0.3, -0.25) is 4.79 Å². The predicted molar refractivity (Wildman–Crippen MR) is 74.2 cm³/mol. The van der Waals surface area contributed by atoms with Crippen LogP contribution in [0.2, 0.25) is 0 Å². The number of benzene rings is 1. The van der Waals surface area contributed by atoms with Gasteiger partial charge in [0.2, 0.25) is 0 Å². The van der Waals surface area contributed by atoms with Crippen molar-refractivity contribution in [3.63, 3.8) is 0 Å². The van der Waals surface area contributed by atoms with Crippen molar-refractivity contribution in [3.05, 3.63) is 23.8 Å². The molecular weight excluding hydrogens is 262 g/mol. The first-order chi connectivity index (χ1) is 9.37. The Morgan fingerprint density at radius 3 is 2.65 bits per heavy atom. The van der Waals surface area contributed by atoms with Crippen molar-refractivity contribution in [2.24, 2.45) is 10.9 Å². The number of rotatable bonds is 5. The van der Waals surface area contributed by atoms with Crippen molar-refractivity contribution in [2.75, 3.05) is 7.11 Å². The van der Waals surface area contributed by atoms with E-state index in [0.717, 1.165) is 0 Å². The molecular formula is C13H19N3O4. The topological polar surface area (TPSA) is 117 Å². The van der Waals surface area contributed by atoms with Crippen LogP contribution in [-0.4, -0.2) is 34.7 Å². The Kier molecular flexibility index (Phi) is 4.79. The lowest BCUT2D eigenvalue weighted by Crippen LogP contribution is -2.55. The molecule has 7 heteroatoms. The average molecular weight is 281 g/mol. The zero-order chi connectivity index (χ0) is 15.3. The minimum Gasteiger partial charge on any atom is -0.504 e. The lowest BCUT2D eigenvalue weighted by Gasteiger charge is -2.28. The van der Waals surface area contributed by atoms with E-state index in [9.17, 15) is 9.90 Å². The molecule has 20 heavy (non-hydrogen) atoms. The highest BCUT2D eigenvalue weighted by Crippen LogP contribution is 2.26. The van der Waals surface area contributed by atoms with E-state index in [4.69, 9.17) is 15.7 Å². The Morgan fingerprint density at radius 2 is 2.20 bits per heavy atom. The van der Waals surface area contributed by atoms with Gasteiger partial charge < -0.3 is 26.1 Å². The van der Waals surface area contributed by atoms with Gasteiger partial charge >= 0.3 is 0 Å². The Morgan fingerprint density at radius 1 is 1.55 bits per heavy atom. The van der Waals surface area contributed by atoms with Crippen LogP contribution in [0.1, 0.15) is 30.6 Å². The molecule has 0 bridgehead atoms. The Labute approximate surface area is 117 Å². The molecule has 110 valence electrons. The normalized spacial score (nSPS) is 14.4. The van der Waals surface area contributed by atoms with E-state index in [1.54, 1.807) is 13.8 Å². The molecule has 7 nitrogen and oxygen atoms in total. The summed E-state index contributed by atoms with van der Waals surface area (Å²) in [6.07, 6.45) is 0.441. The van der Waals surface area contributed by atoms with Gasteiger partial charge in [0.05, 0.1) is 12.6 Å². The molecule has 0 aromatic heterocycles. The van der Waals surface area contributed by atoms with Crippen LogP contribution in [-0.2, 0) is 0 Å². The van der Waals surface area contributed by atoms with Gasteiger partial charge in [0.15, 0.2) is 17.3 Å². The molecule has 5 N–H and O–H groups in total.